The molecule has 19 heavy (non-hydrogen) atoms. The maximum Gasteiger partial charge on any atom is 0.254 e. The molecule has 0 radical (unpaired) electrons. The van der Waals surface area contributed by atoms with Gasteiger partial charge in [0.15, 0.2) is 0 Å². The molecule has 0 aromatic heterocycles. The van der Waals surface area contributed by atoms with Crippen molar-refractivity contribution in [1.29, 1.82) is 0 Å². The molecule has 0 unspecified atom stereocenters. The molecule has 1 aliphatic rings. The average Bonchev–Trinajstić information content (AvgIpc) is 2.37. The fourth-order valence-electron chi connectivity index (χ4n) is 2.27. The van der Waals surface area contributed by atoms with E-state index in [2.05, 4.69) is 17.6 Å². The van der Waals surface area contributed by atoms with Crippen LogP contribution in [-0.2, 0) is 0 Å². The first kappa shape index (κ1) is 14.3. The van der Waals surface area contributed by atoms with E-state index in [4.69, 9.17) is 11.6 Å². The molecule has 1 aromatic rings. The highest BCUT2D eigenvalue weighted by Crippen LogP contribution is 2.26. The van der Waals surface area contributed by atoms with Crippen LogP contribution in [0.15, 0.2) is 18.2 Å². The molecule has 2 N–H and O–H groups in total. The van der Waals surface area contributed by atoms with Crippen molar-refractivity contribution in [2.24, 2.45) is 5.41 Å². The number of nitrogens with one attached hydrogen (secondary N) is 2. The fourth-order valence-corrected chi connectivity index (χ4v) is 2.43. The van der Waals surface area contributed by atoms with Gasteiger partial charge in [0.1, 0.15) is 5.82 Å². The first-order valence-corrected chi connectivity index (χ1v) is 6.82. The maximum absolute atomic E-state index is 13.6. The van der Waals surface area contributed by atoms with Crippen LogP contribution < -0.4 is 10.6 Å². The predicted molar refractivity (Wildman–Crippen MR) is 74.0 cm³/mol. The van der Waals surface area contributed by atoms with Crippen molar-refractivity contribution < 1.29 is 9.18 Å². The van der Waals surface area contributed by atoms with Gasteiger partial charge in [0, 0.05) is 11.6 Å². The van der Waals surface area contributed by atoms with Crippen LogP contribution in [0.2, 0.25) is 5.02 Å². The Labute approximate surface area is 117 Å². The number of piperidine rings is 1. The largest absolute Gasteiger partial charge is 0.351 e. The van der Waals surface area contributed by atoms with E-state index in [1.165, 1.54) is 12.1 Å². The van der Waals surface area contributed by atoms with Gasteiger partial charge in [-0.05, 0) is 49.5 Å². The van der Waals surface area contributed by atoms with E-state index in [0.29, 0.717) is 11.6 Å². The molecule has 0 spiro atoms. The third kappa shape index (κ3) is 3.67. The molecular formula is C14H18ClFN2O. The van der Waals surface area contributed by atoms with Crippen LogP contribution >= 0.6 is 11.6 Å². The summed E-state index contributed by atoms with van der Waals surface area (Å²) >= 11 is 5.66. The van der Waals surface area contributed by atoms with Crippen molar-refractivity contribution in [2.45, 2.75) is 19.8 Å². The molecule has 1 saturated heterocycles. The highest BCUT2D eigenvalue weighted by molar-refractivity contribution is 6.30. The Morgan fingerprint density at radius 2 is 2.16 bits per heavy atom. The van der Waals surface area contributed by atoms with E-state index >= 15 is 0 Å². The molecular weight excluding hydrogens is 267 g/mol. The Bertz CT molecular complexity index is 473. The SMILES string of the molecule is CC1(CNC(=O)c2ccc(Cl)cc2F)CCNCC1. The summed E-state index contributed by atoms with van der Waals surface area (Å²) in [6.45, 7) is 4.63. The van der Waals surface area contributed by atoms with E-state index in [0.717, 1.165) is 32.0 Å². The van der Waals surface area contributed by atoms with Crippen molar-refractivity contribution >= 4 is 17.5 Å². The fraction of sp³-hybridized carbons (Fsp3) is 0.500. The molecule has 0 saturated carbocycles. The minimum Gasteiger partial charge on any atom is -0.351 e. The summed E-state index contributed by atoms with van der Waals surface area (Å²) < 4.78 is 13.6. The monoisotopic (exact) mass is 284 g/mol. The lowest BCUT2D eigenvalue weighted by molar-refractivity contribution is 0.0918. The summed E-state index contributed by atoms with van der Waals surface area (Å²) in [5, 5.41) is 6.40. The lowest BCUT2D eigenvalue weighted by Gasteiger charge is -2.34. The Balaban J connectivity index is 1.97. The second kappa shape index (κ2) is 5.88. The number of hydrogen-bond acceptors (Lipinski definition) is 2. The molecule has 5 heteroatoms. The summed E-state index contributed by atoms with van der Waals surface area (Å²) in [6.07, 6.45) is 2.02. The maximum atomic E-state index is 13.6. The van der Waals surface area contributed by atoms with Gasteiger partial charge in [-0.15, -0.1) is 0 Å². The van der Waals surface area contributed by atoms with Gasteiger partial charge >= 0.3 is 0 Å². The number of amides is 1. The lowest BCUT2D eigenvalue weighted by Crippen LogP contribution is -2.43. The van der Waals surface area contributed by atoms with Gasteiger partial charge < -0.3 is 10.6 Å². The number of benzene rings is 1. The van der Waals surface area contributed by atoms with Gasteiger partial charge in [0.2, 0.25) is 0 Å². The van der Waals surface area contributed by atoms with Crippen LogP contribution in [0.4, 0.5) is 4.39 Å². The lowest BCUT2D eigenvalue weighted by atomic mass is 9.81. The van der Waals surface area contributed by atoms with Gasteiger partial charge in [-0.2, -0.15) is 0 Å². The normalized spacial score (nSPS) is 18.1. The summed E-state index contributed by atoms with van der Waals surface area (Å²) in [5.74, 6) is -0.964. The molecule has 3 nitrogen and oxygen atoms in total. The van der Waals surface area contributed by atoms with Gasteiger partial charge in [0.25, 0.3) is 5.91 Å². The third-order valence-electron chi connectivity index (χ3n) is 3.66. The van der Waals surface area contributed by atoms with Crippen molar-refractivity contribution in [3.8, 4) is 0 Å². The Hall–Kier alpha value is -1.13. The first-order chi connectivity index (χ1) is 9.00. The number of carbonyl (C=O) groups is 1. The molecule has 1 aromatic carbocycles. The summed E-state index contributed by atoms with van der Waals surface area (Å²) in [7, 11) is 0. The molecule has 1 fully saturated rings. The van der Waals surface area contributed by atoms with Gasteiger partial charge in [-0.1, -0.05) is 18.5 Å². The highest BCUT2D eigenvalue weighted by atomic mass is 35.5. The molecule has 1 amide bonds. The number of hydrogen-bond donors (Lipinski definition) is 2. The Morgan fingerprint density at radius 1 is 1.47 bits per heavy atom. The highest BCUT2D eigenvalue weighted by Gasteiger charge is 2.27. The minimum absolute atomic E-state index is 0.0435. The molecule has 1 heterocycles. The Morgan fingerprint density at radius 3 is 2.79 bits per heavy atom. The molecule has 1 aliphatic heterocycles. The van der Waals surface area contributed by atoms with Crippen molar-refractivity contribution in [1.82, 2.24) is 10.6 Å². The van der Waals surface area contributed by atoms with Crippen LogP contribution in [-0.4, -0.2) is 25.5 Å². The summed E-state index contributed by atoms with van der Waals surface area (Å²) in [6, 6.07) is 4.09. The first-order valence-electron chi connectivity index (χ1n) is 6.44. The predicted octanol–water partition coefficient (Wildman–Crippen LogP) is 2.60. The van der Waals surface area contributed by atoms with Crippen LogP contribution in [0.1, 0.15) is 30.1 Å². The molecule has 2 rings (SSSR count). The van der Waals surface area contributed by atoms with Crippen LogP contribution in [0.5, 0.6) is 0 Å². The van der Waals surface area contributed by atoms with Crippen molar-refractivity contribution in [2.75, 3.05) is 19.6 Å². The van der Waals surface area contributed by atoms with Crippen LogP contribution in [0.3, 0.4) is 0 Å². The second-order valence-electron chi connectivity index (χ2n) is 5.37. The zero-order valence-electron chi connectivity index (χ0n) is 10.9. The van der Waals surface area contributed by atoms with E-state index in [1.807, 2.05) is 0 Å². The zero-order chi connectivity index (χ0) is 13.9. The number of halogens is 2. The number of rotatable bonds is 3. The van der Waals surface area contributed by atoms with E-state index < -0.39 is 5.82 Å². The van der Waals surface area contributed by atoms with Gasteiger partial charge in [0.05, 0.1) is 5.56 Å². The molecule has 0 aliphatic carbocycles. The summed E-state index contributed by atoms with van der Waals surface area (Å²) in [5.41, 5.74) is 0.131. The van der Waals surface area contributed by atoms with Gasteiger partial charge in [-0.25, -0.2) is 4.39 Å². The van der Waals surface area contributed by atoms with E-state index in [1.54, 1.807) is 0 Å². The quantitative estimate of drug-likeness (QED) is 0.896. The third-order valence-corrected chi connectivity index (χ3v) is 3.90. The molecule has 0 bridgehead atoms. The van der Waals surface area contributed by atoms with Crippen LogP contribution in [0, 0.1) is 11.2 Å². The summed E-state index contributed by atoms with van der Waals surface area (Å²) in [4.78, 5) is 12.0. The van der Waals surface area contributed by atoms with Crippen molar-refractivity contribution in [3.05, 3.63) is 34.6 Å². The van der Waals surface area contributed by atoms with Crippen molar-refractivity contribution in [3.63, 3.8) is 0 Å². The standard InChI is InChI=1S/C14H18ClFN2O/c1-14(4-6-17-7-5-14)9-18-13(19)11-3-2-10(15)8-12(11)16/h2-3,8,17H,4-7,9H2,1H3,(H,18,19). The smallest absolute Gasteiger partial charge is 0.254 e. The van der Waals surface area contributed by atoms with Crippen LogP contribution in [0.25, 0.3) is 0 Å². The average molecular weight is 285 g/mol. The zero-order valence-corrected chi connectivity index (χ0v) is 11.7. The van der Waals surface area contributed by atoms with E-state index in [9.17, 15) is 9.18 Å². The van der Waals surface area contributed by atoms with Gasteiger partial charge in [-0.3, -0.25) is 4.79 Å². The number of carbonyl (C=O) groups excluding carboxylic acids is 1. The molecule has 104 valence electrons. The minimum atomic E-state index is -0.583. The van der Waals surface area contributed by atoms with E-state index in [-0.39, 0.29) is 16.9 Å². The topological polar surface area (TPSA) is 41.1 Å². The molecule has 0 atom stereocenters. The Kier molecular flexibility index (Phi) is 4.42. The second-order valence-corrected chi connectivity index (χ2v) is 5.80.